The number of esters is 1. The van der Waals surface area contributed by atoms with E-state index in [0.29, 0.717) is 15.7 Å². The second-order valence-electron chi connectivity index (χ2n) is 5.41. The van der Waals surface area contributed by atoms with Gasteiger partial charge in [-0.3, -0.25) is 0 Å². The minimum Gasteiger partial charge on any atom is -0.465 e. The van der Waals surface area contributed by atoms with Gasteiger partial charge in [-0.1, -0.05) is 43.3 Å². The molecule has 0 radical (unpaired) electrons. The Bertz CT molecular complexity index is 929. The van der Waals surface area contributed by atoms with Crippen LogP contribution >= 0.6 is 23.6 Å². The van der Waals surface area contributed by atoms with Gasteiger partial charge in [0.05, 0.1) is 12.7 Å². The summed E-state index contributed by atoms with van der Waals surface area (Å²) in [6.07, 6.45) is 0.847. The molecule has 0 aliphatic rings. The van der Waals surface area contributed by atoms with Gasteiger partial charge < -0.3 is 15.4 Å². The maximum Gasteiger partial charge on any atom is 0.340 e. The first kappa shape index (κ1) is 17.4. The van der Waals surface area contributed by atoms with Gasteiger partial charge in [0.2, 0.25) is 0 Å². The largest absolute Gasteiger partial charge is 0.465 e. The summed E-state index contributed by atoms with van der Waals surface area (Å²) >= 11 is 6.95. The molecule has 0 bridgehead atoms. The van der Waals surface area contributed by atoms with Crippen LogP contribution in [0, 0.1) is 0 Å². The van der Waals surface area contributed by atoms with Gasteiger partial charge in [0, 0.05) is 16.0 Å². The van der Waals surface area contributed by atoms with E-state index in [1.807, 2.05) is 43.3 Å². The predicted octanol–water partition coefficient (Wildman–Crippen LogP) is 5.06. The third kappa shape index (κ3) is 3.81. The molecule has 2 N–H and O–H groups in total. The Balaban J connectivity index is 1.83. The molecule has 0 atom stereocenters. The number of aryl methyl sites for hydroxylation is 1. The molecular formula is C19H18N2O2S2. The topological polar surface area (TPSA) is 50.4 Å². The second-order valence-corrected chi connectivity index (χ2v) is 6.95. The van der Waals surface area contributed by atoms with Crippen LogP contribution in [-0.4, -0.2) is 18.2 Å². The van der Waals surface area contributed by atoms with Gasteiger partial charge >= 0.3 is 5.97 Å². The molecular weight excluding hydrogens is 352 g/mol. The van der Waals surface area contributed by atoms with Crippen LogP contribution in [0.5, 0.6) is 0 Å². The number of rotatable bonds is 4. The molecule has 25 heavy (non-hydrogen) atoms. The quantitative estimate of drug-likeness (QED) is 0.497. The number of thiophene rings is 1. The molecule has 0 spiro atoms. The number of ether oxygens (including phenoxy) is 1. The Morgan fingerprint density at radius 2 is 1.92 bits per heavy atom. The Labute approximate surface area is 155 Å². The van der Waals surface area contributed by atoms with E-state index < -0.39 is 0 Å². The minimum atomic E-state index is -0.369. The monoisotopic (exact) mass is 370 g/mol. The number of nitrogens with one attached hydrogen (secondary N) is 2. The average molecular weight is 370 g/mol. The zero-order valence-electron chi connectivity index (χ0n) is 14.0. The number of carbonyl (C=O) groups excluding carboxylic acids is 1. The molecule has 0 aliphatic carbocycles. The highest BCUT2D eigenvalue weighted by molar-refractivity contribution is 7.80. The molecule has 0 unspecified atom stereocenters. The van der Waals surface area contributed by atoms with Crippen LogP contribution < -0.4 is 10.6 Å². The molecule has 1 heterocycles. The van der Waals surface area contributed by atoms with Crippen LogP contribution in [0.15, 0.2) is 48.5 Å². The van der Waals surface area contributed by atoms with Crippen LogP contribution in [0.4, 0.5) is 10.7 Å². The first-order valence-electron chi connectivity index (χ1n) is 7.89. The molecule has 4 nitrogen and oxygen atoms in total. The summed E-state index contributed by atoms with van der Waals surface area (Å²) in [5, 5.41) is 9.70. The number of hydrogen-bond donors (Lipinski definition) is 2. The minimum absolute atomic E-state index is 0.369. The molecule has 0 fully saturated rings. The van der Waals surface area contributed by atoms with Crippen molar-refractivity contribution in [2.45, 2.75) is 13.3 Å². The molecule has 2 aromatic carbocycles. The first-order valence-corrected chi connectivity index (χ1v) is 9.11. The third-order valence-electron chi connectivity index (χ3n) is 3.80. The average Bonchev–Trinajstić information content (AvgIpc) is 3.04. The summed E-state index contributed by atoms with van der Waals surface area (Å²) in [7, 11) is 1.38. The van der Waals surface area contributed by atoms with Crippen molar-refractivity contribution in [2.24, 2.45) is 0 Å². The molecule has 0 saturated carbocycles. The zero-order valence-corrected chi connectivity index (χ0v) is 15.6. The molecule has 0 amide bonds. The molecule has 6 heteroatoms. The van der Waals surface area contributed by atoms with E-state index >= 15 is 0 Å². The van der Waals surface area contributed by atoms with Crippen LogP contribution in [0.2, 0.25) is 0 Å². The van der Waals surface area contributed by atoms with Crippen LogP contribution in [0.25, 0.3) is 10.8 Å². The summed E-state index contributed by atoms with van der Waals surface area (Å²) in [4.78, 5) is 13.1. The number of anilines is 2. The van der Waals surface area contributed by atoms with E-state index in [2.05, 4.69) is 22.8 Å². The first-order chi connectivity index (χ1) is 12.1. The van der Waals surface area contributed by atoms with Gasteiger partial charge in [-0.05, 0) is 36.2 Å². The number of benzene rings is 2. The highest BCUT2D eigenvalue weighted by Crippen LogP contribution is 2.30. The van der Waals surface area contributed by atoms with Crippen molar-refractivity contribution in [1.29, 1.82) is 0 Å². The van der Waals surface area contributed by atoms with Crippen molar-refractivity contribution in [3.63, 3.8) is 0 Å². The van der Waals surface area contributed by atoms with E-state index in [-0.39, 0.29) is 5.97 Å². The number of thiocarbonyl (C=S) groups is 1. The normalized spacial score (nSPS) is 10.5. The van der Waals surface area contributed by atoms with Crippen LogP contribution in [-0.2, 0) is 11.2 Å². The highest BCUT2D eigenvalue weighted by Gasteiger charge is 2.17. The molecule has 0 aliphatic heterocycles. The summed E-state index contributed by atoms with van der Waals surface area (Å²) in [6, 6.07) is 15.9. The van der Waals surface area contributed by atoms with Crippen molar-refractivity contribution in [1.82, 2.24) is 0 Å². The van der Waals surface area contributed by atoms with Crippen molar-refractivity contribution < 1.29 is 9.53 Å². The lowest BCUT2D eigenvalue weighted by molar-refractivity contribution is 0.0602. The number of hydrogen-bond acceptors (Lipinski definition) is 4. The number of carbonyl (C=O) groups is 1. The number of methoxy groups -OCH3 is 1. The van der Waals surface area contributed by atoms with Gasteiger partial charge in [0.15, 0.2) is 5.11 Å². The van der Waals surface area contributed by atoms with Crippen molar-refractivity contribution >= 4 is 56.1 Å². The van der Waals surface area contributed by atoms with Crippen LogP contribution in [0.1, 0.15) is 22.2 Å². The Kier molecular flexibility index (Phi) is 5.31. The van der Waals surface area contributed by atoms with E-state index in [0.717, 1.165) is 27.8 Å². The van der Waals surface area contributed by atoms with Crippen molar-refractivity contribution in [2.75, 3.05) is 17.7 Å². The maximum absolute atomic E-state index is 12.0. The third-order valence-corrected chi connectivity index (χ3v) is 5.20. The SMILES string of the molecule is CCc1cc(C(=O)OC)c(NC(=S)Nc2cccc3ccccc23)s1. The Hall–Kier alpha value is -2.44. The molecule has 1 aromatic heterocycles. The lowest BCUT2D eigenvalue weighted by Gasteiger charge is -2.12. The Morgan fingerprint density at radius 1 is 1.16 bits per heavy atom. The van der Waals surface area contributed by atoms with Gasteiger partial charge in [-0.25, -0.2) is 4.79 Å². The molecule has 3 rings (SSSR count). The molecule has 3 aromatic rings. The fourth-order valence-corrected chi connectivity index (χ4v) is 3.83. The fraction of sp³-hybridized carbons (Fsp3) is 0.158. The van der Waals surface area contributed by atoms with Gasteiger partial charge in [0.1, 0.15) is 5.00 Å². The molecule has 128 valence electrons. The molecule has 0 saturated heterocycles. The van der Waals surface area contributed by atoms with Crippen LogP contribution in [0.3, 0.4) is 0 Å². The summed E-state index contributed by atoms with van der Waals surface area (Å²) in [6.45, 7) is 2.04. The maximum atomic E-state index is 12.0. The standard InChI is InChI=1S/C19H18N2O2S2/c1-3-13-11-15(18(22)23-2)17(25-13)21-19(24)20-16-10-6-8-12-7-4-5-9-14(12)16/h4-11H,3H2,1-2H3,(H2,20,21,24). The lowest BCUT2D eigenvalue weighted by Crippen LogP contribution is -2.20. The summed E-state index contributed by atoms with van der Waals surface area (Å²) in [5.74, 6) is -0.369. The number of fused-ring (bicyclic) bond motifs is 1. The van der Waals surface area contributed by atoms with E-state index in [4.69, 9.17) is 17.0 Å². The van der Waals surface area contributed by atoms with Gasteiger partial charge in [-0.15, -0.1) is 11.3 Å². The van der Waals surface area contributed by atoms with E-state index in [9.17, 15) is 4.79 Å². The summed E-state index contributed by atoms with van der Waals surface area (Å²) in [5.41, 5.74) is 1.42. The van der Waals surface area contributed by atoms with Gasteiger partial charge in [-0.2, -0.15) is 0 Å². The zero-order chi connectivity index (χ0) is 17.8. The van der Waals surface area contributed by atoms with E-state index in [1.165, 1.54) is 18.4 Å². The fourth-order valence-electron chi connectivity index (χ4n) is 2.56. The lowest BCUT2D eigenvalue weighted by atomic mass is 10.1. The van der Waals surface area contributed by atoms with Crippen molar-refractivity contribution in [3.8, 4) is 0 Å². The predicted molar refractivity (Wildman–Crippen MR) is 109 cm³/mol. The highest BCUT2D eigenvalue weighted by atomic mass is 32.1. The summed E-state index contributed by atoms with van der Waals surface area (Å²) < 4.78 is 4.86. The smallest absolute Gasteiger partial charge is 0.340 e. The Morgan fingerprint density at radius 3 is 2.68 bits per heavy atom. The van der Waals surface area contributed by atoms with Crippen molar-refractivity contribution in [3.05, 3.63) is 59.0 Å². The van der Waals surface area contributed by atoms with Gasteiger partial charge in [0.25, 0.3) is 0 Å². The van der Waals surface area contributed by atoms with E-state index in [1.54, 1.807) is 0 Å². The second kappa shape index (κ2) is 7.63.